The maximum Gasteiger partial charge on any atom is 0.505 e. The van der Waals surface area contributed by atoms with E-state index < -0.39 is 8.69 Å². The Labute approximate surface area is 200 Å². The van der Waals surface area contributed by atoms with Crippen molar-refractivity contribution >= 4 is 8.69 Å². The quantitative estimate of drug-likeness (QED) is 0.409. The van der Waals surface area contributed by atoms with Crippen LogP contribution in [0.4, 0.5) is 4.20 Å². The molecule has 2 saturated carbocycles. The van der Waals surface area contributed by atoms with E-state index in [4.69, 9.17) is 9.05 Å². The second kappa shape index (κ2) is 8.88. The molecule has 2 nitrogen and oxygen atoms in total. The van der Waals surface area contributed by atoms with Crippen molar-refractivity contribution < 1.29 is 13.2 Å². The molecule has 0 aromatic heterocycles. The number of aryl methyl sites for hydroxylation is 2. The molecule has 0 atom stereocenters. The van der Waals surface area contributed by atoms with Crippen LogP contribution in [0.2, 0.25) is 0 Å². The van der Waals surface area contributed by atoms with Crippen molar-refractivity contribution in [3.05, 3.63) is 57.6 Å². The van der Waals surface area contributed by atoms with Gasteiger partial charge >= 0.3 is 8.69 Å². The van der Waals surface area contributed by atoms with Crippen LogP contribution in [-0.2, 0) is 17.3 Å². The lowest BCUT2D eigenvalue weighted by molar-refractivity contribution is 0.305. The summed E-state index contributed by atoms with van der Waals surface area (Å²) >= 11 is 0. The van der Waals surface area contributed by atoms with Gasteiger partial charge in [-0.3, -0.25) is 0 Å². The first-order valence-electron chi connectivity index (χ1n) is 12.9. The summed E-state index contributed by atoms with van der Waals surface area (Å²) in [5, 5.41) is 0. The molecule has 0 saturated heterocycles. The maximum atomic E-state index is 15.5. The molecule has 2 fully saturated rings. The molecule has 1 aliphatic heterocycles. The molecule has 0 radical (unpaired) electrons. The van der Waals surface area contributed by atoms with Gasteiger partial charge in [0.25, 0.3) is 0 Å². The van der Waals surface area contributed by atoms with Gasteiger partial charge in [0.05, 0.1) is 0 Å². The molecule has 2 aliphatic carbocycles. The SMILES string of the molecule is Cc1cc2c(c(C3(C)CCCCC3)c1)OP(F)Oc1c(cc(C)cc1C1(C)CCCCC1)C2. The highest BCUT2D eigenvalue weighted by Crippen LogP contribution is 2.55. The van der Waals surface area contributed by atoms with Gasteiger partial charge in [-0.25, -0.2) is 0 Å². The van der Waals surface area contributed by atoms with E-state index in [9.17, 15) is 0 Å². The fourth-order valence-corrected chi connectivity index (χ4v) is 7.40. The van der Waals surface area contributed by atoms with Gasteiger partial charge in [-0.05, 0) is 61.5 Å². The lowest BCUT2D eigenvalue weighted by Gasteiger charge is -2.38. The van der Waals surface area contributed by atoms with Crippen molar-refractivity contribution in [2.75, 3.05) is 0 Å². The van der Waals surface area contributed by atoms with Gasteiger partial charge in [0.1, 0.15) is 11.5 Å². The molecule has 5 rings (SSSR count). The van der Waals surface area contributed by atoms with E-state index in [0.29, 0.717) is 0 Å². The predicted octanol–water partition coefficient (Wildman–Crippen LogP) is 9.31. The van der Waals surface area contributed by atoms with Gasteiger partial charge < -0.3 is 9.05 Å². The van der Waals surface area contributed by atoms with Crippen molar-refractivity contribution in [1.82, 2.24) is 0 Å². The highest BCUT2D eigenvalue weighted by molar-refractivity contribution is 7.42. The Balaban J connectivity index is 1.64. The number of hydrogen-bond donors (Lipinski definition) is 0. The van der Waals surface area contributed by atoms with E-state index >= 15 is 4.20 Å². The van der Waals surface area contributed by atoms with Crippen LogP contribution >= 0.6 is 8.69 Å². The maximum absolute atomic E-state index is 15.5. The molecular formula is C29H38FO2P. The number of benzene rings is 2. The molecule has 178 valence electrons. The molecular weight excluding hydrogens is 430 g/mol. The van der Waals surface area contributed by atoms with Crippen molar-refractivity contribution in [2.45, 2.75) is 109 Å². The third-order valence-electron chi connectivity index (χ3n) is 8.54. The third kappa shape index (κ3) is 4.43. The average molecular weight is 469 g/mol. The van der Waals surface area contributed by atoms with Crippen molar-refractivity contribution in [1.29, 1.82) is 0 Å². The molecule has 0 spiro atoms. The van der Waals surface area contributed by atoms with Gasteiger partial charge in [0.2, 0.25) is 0 Å². The molecule has 3 aliphatic rings. The Hall–Kier alpha value is -1.60. The lowest BCUT2D eigenvalue weighted by atomic mass is 9.69. The van der Waals surface area contributed by atoms with Crippen LogP contribution < -0.4 is 9.05 Å². The monoisotopic (exact) mass is 468 g/mol. The van der Waals surface area contributed by atoms with Crippen LogP contribution in [0.25, 0.3) is 0 Å². The topological polar surface area (TPSA) is 18.5 Å². The number of hydrogen-bond acceptors (Lipinski definition) is 2. The average Bonchev–Trinajstić information content (AvgIpc) is 2.77. The summed E-state index contributed by atoms with van der Waals surface area (Å²) < 4.78 is 27.7. The Morgan fingerprint density at radius 3 is 1.45 bits per heavy atom. The summed E-state index contributed by atoms with van der Waals surface area (Å²) in [6, 6.07) is 8.88. The molecule has 4 heteroatoms. The number of rotatable bonds is 2. The first-order valence-corrected chi connectivity index (χ1v) is 13.9. The van der Waals surface area contributed by atoms with Gasteiger partial charge in [0, 0.05) is 17.5 Å². The van der Waals surface area contributed by atoms with Crippen LogP contribution in [0.15, 0.2) is 24.3 Å². The minimum absolute atomic E-state index is 0.0416. The van der Waals surface area contributed by atoms with Gasteiger partial charge in [-0.15, -0.1) is 4.20 Å². The molecule has 0 amide bonds. The molecule has 33 heavy (non-hydrogen) atoms. The van der Waals surface area contributed by atoms with Crippen molar-refractivity contribution in [3.63, 3.8) is 0 Å². The normalized spacial score (nSPS) is 22.2. The van der Waals surface area contributed by atoms with E-state index in [-0.39, 0.29) is 10.8 Å². The Kier molecular flexibility index (Phi) is 6.23. The van der Waals surface area contributed by atoms with Crippen LogP contribution in [-0.4, -0.2) is 0 Å². The fraction of sp³-hybridized carbons (Fsp3) is 0.586. The summed E-state index contributed by atoms with van der Waals surface area (Å²) in [4.78, 5) is 0. The summed E-state index contributed by atoms with van der Waals surface area (Å²) in [6.45, 7) is 9.00. The second-order valence-electron chi connectivity index (χ2n) is 11.4. The largest absolute Gasteiger partial charge is 0.505 e. The van der Waals surface area contributed by atoms with Gasteiger partial charge in [-0.2, -0.15) is 0 Å². The van der Waals surface area contributed by atoms with E-state index in [2.05, 4.69) is 52.0 Å². The zero-order valence-corrected chi connectivity index (χ0v) is 21.6. The first-order chi connectivity index (χ1) is 15.8. The molecule has 0 bridgehead atoms. The van der Waals surface area contributed by atoms with E-state index in [0.717, 1.165) is 54.7 Å². The van der Waals surface area contributed by atoms with Crippen LogP contribution in [0.3, 0.4) is 0 Å². The molecule has 0 unspecified atom stereocenters. The van der Waals surface area contributed by atoms with Crippen LogP contribution in [0.1, 0.15) is 111 Å². The molecule has 2 aromatic rings. The highest BCUT2D eigenvalue weighted by Gasteiger charge is 2.38. The van der Waals surface area contributed by atoms with E-state index in [1.54, 1.807) is 0 Å². The first kappa shape index (κ1) is 23.2. The number of fused-ring (bicyclic) bond motifs is 2. The van der Waals surface area contributed by atoms with E-state index in [1.165, 1.54) is 60.8 Å². The predicted molar refractivity (Wildman–Crippen MR) is 135 cm³/mol. The lowest BCUT2D eigenvalue weighted by Crippen LogP contribution is -2.27. The number of halogens is 1. The van der Waals surface area contributed by atoms with Crippen molar-refractivity contribution in [3.8, 4) is 11.5 Å². The zero-order valence-electron chi connectivity index (χ0n) is 20.7. The standard InChI is InChI=1S/C29H38FO2P/c1-20-15-22-19-23-16-21(2)18-25(29(4)13-9-6-10-14-29)27(23)32-33(30)31-26(22)24(17-20)28(3)11-7-5-8-12-28/h15-18H,5-14,19H2,1-4H3. The van der Waals surface area contributed by atoms with E-state index in [1.807, 2.05) is 0 Å². The smallest absolute Gasteiger partial charge is 0.414 e. The molecule has 1 heterocycles. The van der Waals surface area contributed by atoms with Crippen LogP contribution in [0.5, 0.6) is 11.5 Å². The fourth-order valence-electron chi connectivity index (χ4n) is 6.64. The minimum atomic E-state index is -2.55. The summed E-state index contributed by atoms with van der Waals surface area (Å²) in [6.07, 6.45) is 12.7. The Morgan fingerprint density at radius 1 is 0.667 bits per heavy atom. The second-order valence-corrected chi connectivity index (χ2v) is 12.2. The summed E-state index contributed by atoms with van der Waals surface area (Å²) in [7, 11) is -2.55. The Bertz CT molecular complexity index is 953. The van der Waals surface area contributed by atoms with Gasteiger partial charge in [0.15, 0.2) is 0 Å². The Morgan fingerprint density at radius 2 is 1.06 bits per heavy atom. The summed E-state index contributed by atoms with van der Waals surface area (Å²) in [5.41, 5.74) is 7.13. The third-order valence-corrected chi connectivity index (χ3v) is 9.19. The zero-order chi connectivity index (χ0) is 23.2. The molecule has 2 aromatic carbocycles. The van der Waals surface area contributed by atoms with Crippen LogP contribution in [0, 0.1) is 13.8 Å². The van der Waals surface area contributed by atoms with Gasteiger partial charge in [-0.1, -0.05) is 87.8 Å². The highest BCUT2D eigenvalue weighted by atomic mass is 31.2. The minimum Gasteiger partial charge on any atom is -0.414 e. The van der Waals surface area contributed by atoms with Crippen molar-refractivity contribution in [2.24, 2.45) is 0 Å². The summed E-state index contributed by atoms with van der Waals surface area (Å²) in [5.74, 6) is 1.49. The molecule has 0 N–H and O–H groups in total.